The van der Waals surface area contributed by atoms with Gasteiger partial charge < -0.3 is 0 Å². The van der Waals surface area contributed by atoms with E-state index in [0.717, 1.165) is 12.1 Å². The molecule has 162 valence electrons. The molecule has 0 fully saturated rings. The molecule has 1 atom stereocenters. The number of aryl methyl sites for hydroxylation is 2. The highest BCUT2D eigenvalue weighted by molar-refractivity contribution is 5.78. The minimum atomic E-state index is 0.532. The van der Waals surface area contributed by atoms with Crippen molar-refractivity contribution in [1.29, 1.82) is 0 Å². The fourth-order valence-corrected chi connectivity index (χ4v) is 4.88. The summed E-state index contributed by atoms with van der Waals surface area (Å²) < 4.78 is 0. The van der Waals surface area contributed by atoms with Crippen molar-refractivity contribution < 1.29 is 0 Å². The SMILES string of the molecule is CCCC(CC)c1cc(-c2ccccc2)ccc1-c1cc(-c2c(C)cccc2C)ccn1. The summed E-state index contributed by atoms with van der Waals surface area (Å²) in [6.45, 7) is 8.97. The Morgan fingerprint density at radius 3 is 2.16 bits per heavy atom. The maximum Gasteiger partial charge on any atom is 0.0711 e. The molecule has 1 nitrogen and oxygen atoms in total. The van der Waals surface area contributed by atoms with E-state index in [1.165, 1.54) is 57.3 Å². The predicted molar refractivity (Wildman–Crippen MR) is 138 cm³/mol. The average molecular weight is 420 g/mol. The van der Waals surface area contributed by atoms with Crippen molar-refractivity contribution in [2.24, 2.45) is 0 Å². The molecule has 32 heavy (non-hydrogen) atoms. The van der Waals surface area contributed by atoms with Crippen LogP contribution < -0.4 is 0 Å². The van der Waals surface area contributed by atoms with Gasteiger partial charge in [-0.2, -0.15) is 0 Å². The molecule has 0 bridgehead atoms. The predicted octanol–water partition coefficient (Wildman–Crippen LogP) is 8.99. The molecule has 1 unspecified atom stereocenters. The molecule has 0 aliphatic rings. The van der Waals surface area contributed by atoms with E-state index >= 15 is 0 Å². The van der Waals surface area contributed by atoms with Crippen LogP contribution in [0.1, 0.15) is 55.7 Å². The molecule has 4 aromatic rings. The van der Waals surface area contributed by atoms with Gasteiger partial charge in [-0.1, -0.05) is 87.0 Å². The summed E-state index contributed by atoms with van der Waals surface area (Å²) in [6, 6.07) is 28.6. The fourth-order valence-electron chi connectivity index (χ4n) is 4.88. The smallest absolute Gasteiger partial charge is 0.0711 e. The highest BCUT2D eigenvalue weighted by Crippen LogP contribution is 2.37. The second-order valence-electron chi connectivity index (χ2n) is 8.76. The first-order chi connectivity index (χ1) is 15.6. The Hall–Kier alpha value is -3.19. The van der Waals surface area contributed by atoms with Crippen molar-refractivity contribution in [2.75, 3.05) is 0 Å². The van der Waals surface area contributed by atoms with Crippen LogP contribution >= 0.6 is 0 Å². The number of benzene rings is 3. The molecule has 1 aromatic heterocycles. The number of hydrogen-bond acceptors (Lipinski definition) is 1. The van der Waals surface area contributed by atoms with E-state index < -0.39 is 0 Å². The highest BCUT2D eigenvalue weighted by Gasteiger charge is 2.17. The Morgan fingerprint density at radius 1 is 0.719 bits per heavy atom. The first-order valence-electron chi connectivity index (χ1n) is 11.8. The van der Waals surface area contributed by atoms with Crippen molar-refractivity contribution in [3.8, 4) is 33.5 Å². The maximum atomic E-state index is 4.83. The van der Waals surface area contributed by atoms with Gasteiger partial charge >= 0.3 is 0 Å². The summed E-state index contributed by atoms with van der Waals surface area (Å²) in [6.07, 6.45) is 5.48. The van der Waals surface area contributed by atoms with E-state index in [0.29, 0.717) is 5.92 Å². The van der Waals surface area contributed by atoms with Crippen molar-refractivity contribution in [3.63, 3.8) is 0 Å². The van der Waals surface area contributed by atoms with E-state index in [1.54, 1.807) is 0 Å². The van der Waals surface area contributed by atoms with Crippen LogP contribution in [0.3, 0.4) is 0 Å². The lowest BCUT2D eigenvalue weighted by Gasteiger charge is -2.20. The number of hydrogen-bond donors (Lipinski definition) is 0. The van der Waals surface area contributed by atoms with Gasteiger partial charge in [0.25, 0.3) is 0 Å². The molecule has 4 rings (SSSR count). The van der Waals surface area contributed by atoms with E-state index in [-0.39, 0.29) is 0 Å². The molecule has 0 saturated heterocycles. The third-order valence-electron chi connectivity index (χ3n) is 6.53. The van der Waals surface area contributed by atoms with Gasteiger partial charge in [0.1, 0.15) is 0 Å². The molecular weight excluding hydrogens is 386 g/mol. The number of nitrogens with zero attached hydrogens (tertiary/aromatic N) is 1. The standard InChI is InChI=1S/C31H33N/c1-5-11-24(6-2)29-20-26(25-14-8-7-9-15-25)16-17-28(29)30-21-27(18-19-32-30)31-22(3)12-10-13-23(31)4/h7-10,12-21,24H,5-6,11H2,1-4H3. The quantitative estimate of drug-likeness (QED) is 0.291. The largest absolute Gasteiger partial charge is 0.256 e. The molecule has 0 N–H and O–H groups in total. The second-order valence-corrected chi connectivity index (χ2v) is 8.76. The third-order valence-corrected chi connectivity index (χ3v) is 6.53. The van der Waals surface area contributed by atoms with Gasteiger partial charge in [-0.3, -0.25) is 4.98 Å². The third kappa shape index (κ3) is 4.53. The summed E-state index contributed by atoms with van der Waals surface area (Å²) in [4.78, 5) is 4.83. The van der Waals surface area contributed by atoms with E-state index in [1.807, 2.05) is 6.20 Å². The molecule has 0 amide bonds. The molecule has 1 heterocycles. The zero-order chi connectivity index (χ0) is 22.5. The van der Waals surface area contributed by atoms with Crippen LogP contribution in [-0.4, -0.2) is 4.98 Å². The van der Waals surface area contributed by atoms with Crippen LogP contribution in [-0.2, 0) is 0 Å². The van der Waals surface area contributed by atoms with Gasteiger partial charge in [-0.05, 0) is 83.7 Å². The number of pyridine rings is 1. The Morgan fingerprint density at radius 2 is 1.47 bits per heavy atom. The van der Waals surface area contributed by atoms with Gasteiger partial charge in [0, 0.05) is 11.8 Å². The Labute approximate surface area is 193 Å². The van der Waals surface area contributed by atoms with E-state index in [2.05, 4.69) is 107 Å². The first-order valence-corrected chi connectivity index (χ1v) is 11.8. The van der Waals surface area contributed by atoms with E-state index in [9.17, 15) is 0 Å². The van der Waals surface area contributed by atoms with Crippen LogP contribution in [0.15, 0.2) is 85.1 Å². The summed E-state index contributed by atoms with van der Waals surface area (Å²) in [5.74, 6) is 0.532. The Bertz CT molecular complexity index is 1170. The maximum absolute atomic E-state index is 4.83. The monoisotopic (exact) mass is 419 g/mol. The second kappa shape index (κ2) is 9.96. The van der Waals surface area contributed by atoms with Gasteiger partial charge in [0.05, 0.1) is 5.69 Å². The lowest BCUT2D eigenvalue weighted by atomic mass is 9.85. The minimum Gasteiger partial charge on any atom is -0.256 e. The summed E-state index contributed by atoms with van der Waals surface area (Å²) in [5.41, 5.74) is 11.5. The van der Waals surface area contributed by atoms with Crippen LogP contribution in [0.5, 0.6) is 0 Å². The highest BCUT2D eigenvalue weighted by atomic mass is 14.7. The molecule has 3 aromatic carbocycles. The molecule has 1 heteroatoms. The van der Waals surface area contributed by atoms with Crippen molar-refractivity contribution in [1.82, 2.24) is 4.98 Å². The van der Waals surface area contributed by atoms with Crippen LogP contribution in [0.25, 0.3) is 33.5 Å². The molecule has 0 radical (unpaired) electrons. The molecule has 0 saturated carbocycles. The molecular formula is C31H33N. The van der Waals surface area contributed by atoms with Gasteiger partial charge in [-0.25, -0.2) is 0 Å². The topological polar surface area (TPSA) is 12.9 Å². The molecule has 0 spiro atoms. The zero-order valence-corrected chi connectivity index (χ0v) is 19.7. The summed E-state index contributed by atoms with van der Waals surface area (Å²) in [5, 5.41) is 0. The molecule has 0 aliphatic heterocycles. The van der Waals surface area contributed by atoms with Gasteiger partial charge in [0.15, 0.2) is 0 Å². The lowest BCUT2D eigenvalue weighted by molar-refractivity contribution is 0.597. The summed E-state index contributed by atoms with van der Waals surface area (Å²) in [7, 11) is 0. The Balaban J connectivity index is 1.86. The van der Waals surface area contributed by atoms with Crippen LogP contribution in [0, 0.1) is 13.8 Å². The Kier molecular flexibility index (Phi) is 6.85. The molecule has 0 aliphatic carbocycles. The van der Waals surface area contributed by atoms with Crippen molar-refractivity contribution >= 4 is 0 Å². The normalized spacial score (nSPS) is 12.0. The van der Waals surface area contributed by atoms with Crippen LogP contribution in [0.4, 0.5) is 0 Å². The number of aromatic nitrogens is 1. The zero-order valence-electron chi connectivity index (χ0n) is 19.7. The fraction of sp³-hybridized carbons (Fsp3) is 0.258. The average Bonchev–Trinajstić information content (AvgIpc) is 2.83. The van der Waals surface area contributed by atoms with Crippen molar-refractivity contribution in [2.45, 2.75) is 52.9 Å². The lowest BCUT2D eigenvalue weighted by Crippen LogP contribution is -2.01. The van der Waals surface area contributed by atoms with Crippen molar-refractivity contribution in [3.05, 3.63) is 102 Å². The van der Waals surface area contributed by atoms with Crippen LogP contribution in [0.2, 0.25) is 0 Å². The van der Waals surface area contributed by atoms with Gasteiger partial charge in [0.2, 0.25) is 0 Å². The van der Waals surface area contributed by atoms with E-state index in [4.69, 9.17) is 4.98 Å². The number of rotatable bonds is 7. The van der Waals surface area contributed by atoms with Gasteiger partial charge in [-0.15, -0.1) is 0 Å². The first kappa shape index (κ1) is 22.0. The summed E-state index contributed by atoms with van der Waals surface area (Å²) >= 11 is 0. The minimum absolute atomic E-state index is 0.532.